The van der Waals surface area contributed by atoms with E-state index in [1.807, 2.05) is 0 Å². The minimum atomic E-state index is -4.46. The van der Waals surface area contributed by atoms with Gasteiger partial charge >= 0.3 is 12.1 Å². The number of thioether (sulfide) groups is 1. The number of hydrogen-bond donors (Lipinski definition) is 2. The van der Waals surface area contributed by atoms with Crippen molar-refractivity contribution in [1.29, 1.82) is 0 Å². The molecule has 0 aliphatic carbocycles. The average molecular weight is 486 g/mol. The van der Waals surface area contributed by atoms with Crippen molar-refractivity contribution < 1.29 is 23.1 Å². The zero-order chi connectivity index (χ0) is 21.2. The molecule has 0 fully saturated rings. The molecule has 2 N–H and O–H groups in total. The minimum absolute atomic E-state index is 0.134. The molecule has 152 valence electrons. The number of carbonyl (C=O) groups is 1. The molecule has 5 nitrogen and oxygen atoms in total. The second kappa shape index (κ2) is 8.58. The standard InChI is InChI=1S/C19H15BrF3N3O2S/c1-10-2-3-12(6-14(10)19(21,22)23)18(16-9-24-26-25-16)29-13-5-4-11(7-17(27)28)15(20)8-13/h2-6,8-9,18H,7H2,1H3,(H,27,28)(H,24,25,26). The van der Waals surface area contributed by atoms with Gasteiger partial charge in [-0.05, 0) is 41.8 Å². The summed E-state index contributed by atoms with van der Waals surface area (Å²) in [5, 5.41) is 18.7. The SMILES string of the molecule is Cc1ccc(C(Sc2ccc(CC(=O)O)c(Br)c2)c2cn[nH]n2)cc1C(F)(F)F. The monoisotopic (exact) mass is 485 g/mol. The Morgan fingerprint density at radius 2 is 2.03 bits per heavy atom. The Kier molecular flexibility index (Phi) is 6.33. The molecule has 3 aromatic rings. The van der Waals surface area contributed by atoms with E-state index in [0.717, 1.165) is 11.0 Å². The van der Waals surface area contributed by atoms with E-state index in [0.29, 0.717) is 21.3 Å². The first-order valence-electron chi connectivity index (χ1n) is 8.35. The fourth-order valence-corrected chi connectivity index (χ4v) is 4.58. The highest BCUT2D eigenvalue weighted by Crippen LogP contribution is 2.42. The van der Waals surface area contributed by atoms with Crippen LogP contribution in [0.5, 0.6) is 0 Å². The molecule has 0 bridgehead atoms. The van der Waals surface area contributed by atoms with Gasteiger partial charge in [-0.3, -0.25) is 4.79 Å². The van der Waals surface area contributed by atoms with Gasteiger partial charge in [-0.15, -0.1) is 11.8 Å². The highest BCUT2D eigenvalue weighted by molar-refractivity contribution is 9.10. The summed E-state index contributed by atoms with van der Waals surface area (Å²) in [5.74, 6) is -0.953. The Hall–Kier alpha value is -2.33. The number of aromatic amines is 1. The molecule has 0 radical (unpaired) electrons. The number of aliphatic carboxylic acids is 1. The first-order chi connectivity index (χ1) is 13.6. The Balaban J connectivity index is 1.98. The lowest BCUT2D eigenvalue weighted by atomic mass is 10.0. The molecule has 3 rings (SSSR count). The molecule has 10 heteroatoms. The highest BCUT2D eigenvalue weighted by atomic mass is 79.9. The van der Waals surface area contributed by atoms with E-state index >= 15 is 0 Å². The second-order valence-corrected chi connectivity index (χ2v) is 8.32. The van der Waals surface area contributed by atoms with Crippen LogP contribution in [0.25, 0.3) is 0 Å². The molecule has 0 aliphatic heterocycles. The number of rotatable bonds is 6. The summed E-state index contributed by atoms with van der Waals surface area (Å²) in [4.78, 5) is 11.7. The number of aromatic nitrogens is 3. The molecule has 29 heavy (non-hydrogen) atoms. The number of halogens is 4. The number of carboxylic acids is 1. The van der Waals surface area contributed by atoms with Gasteiger partial charge in [0, 0.05) is 9.37 Å². The van der Waals surface area contributed by atoms with E-state index in [4.69, 9.17) is 5.11 Å². The van der Waals surface area contributed by atoms with E-state index in [-0.39, 0.29) is 12.0 Å². The van der Waals surface area contributed by atoms with Crippen molar-refractivity contribution in [2.75, 3.05) is 0 Å². The van der Waals surface area contributed by atoms with Crippen molar-refractivity contribution in [3.63, 3.8) is 0 Å². The van der Waals surface area contributed by atoms with Crippen LogP contribution in [0.1, 0.15) is 33.2 Å². The van der Waals surface area contributed by atoms with Gasteiger partial charge in [0.2, 0.25) is 0 Å². The van der Waals surface area contributed by atoms with Crippen molar-refractivity contribution in [3.8, 4) is 0 Å². The van der Waals surface area contributed by atoms with Crippen LogP contribution in [0.15, 0.2) is 52.0 Å². The summed E-state index contributed by atoms with van der Waals surface area (Å²) in [5.41, 5.74) is 0.979. The maximum absolute atomic E-state index is 13.4. The summed E-state index contributed by atoms with van der Waals surface area (Å²) >= 11 is 4.66. The molecule has 1 unspecified atom stereocenters. The van der Waals surface area contributed by atoms with Crippen LogP contribution in [0.4, 0.5) is 13.2 Å². The van der Waals surface area contributed by atoms with Crippen LogP contribution in [0, 0.1) is 6.92 Å². The van der Waals surface area contributed by atoms with Crippen LogP contribution < -0.4 is 0 Å². The van der Waals surface area contributed by atoms with E-state index in [1.165, 1.54) is 30.9 Å². The zero-order valence-corrected chi connectivity index (χ0v) is 17.4. The molecule has 0 amide bonds. The van der Waals surface area contributed by atoms with Gasteiger partial charge in [-0.1, -0.05) is 34.1 Å². The van der Waals surface area contributed by atoms with Gasteiger partial charge in [0.15, 0.2) is 0 Å². The summed E-state index contributed by atoms with van der Waals surface area (Å²) in [7, 11) is 0. The van der Waals surface area contributed by atoms with Crippen LogP contribution in [-0.2, 0) is 17.4 Å². The normalized spacial score (nSPS) is 12.7. The van der Waals surface area contributed by atoms with Gasteiger partial charge in [-0.2, -0.15) is 28.6 Å². The van der Waals surface area contributed by atoms with Gasteiger partial charge in [0.1, 0.15) is 5.69 Å². The molecular weight excluding hydrogens is 471 g/mol. The Bertz CT molecular complexity index is 1030. The van der Waals surface area contributed by atoms with Gasteiger partial charge in [0.05, 0.1) is 23.4 Å². The molecule has 0 saturated heterocycles. The number of aryl methyl sites for hydroxylation is 1. The quantitative estimate of drug-likeness (QED) is 0.456. The number of H-pyrrole nitrogens is 1. The molecule has 2 aromatic carbocycles. The van der Waals surface area contributed by atoms with Crippen molar-refractivity contribution in [2.45, 2.75) is 29.7 Å². The van der Waals surface area contributed by atoms with Crippen molar-refractivity contribution >= 4 is 33.7 Å². The van der Waals surface area contributed by atoms with Crippen molar-refractivity contribution in [2.24, 2.45) is 0 Å². The number of alkyl halides is 3. The lowest BCUT2D eigenvalue weighted by Gasteiger charge is -2.18. The summed E-state index contributed by atoms with van der Waals surface area (Å²) < 4.78 is 40.7. The lowest BCUT2D eigenvalue weighted by Crippen LogP contribution is -2.09. The Labute approximate surface area is 176 Å². The Morgan fingerprint density at radius 3 is 2.62 bits per heavy atom. The van der Waals surface area contributed by atoms with Crippen LogP contribution in [0.3, 0.4) is 0 Å². The second-order valence-electron chi connectivity index (χ2n) is 6.29. The van der Waals surface area contributed by atoms with E-state index in [1.54, 1.807) is 24.3 Å². The van der Waals surface area contributed by atoms with Crippen LogP contribution >= 0.6 is 27.7 Å². The number of hydrogen-bond acceptors (Lipinski definition) is 4. The highest BCUT2D eigenvalue weighted by Gasteiger charge is 2.33. The summed E-state index contributed by atoms with van der Waals surface area (Å²) in [6, 6.07) is 9.38. The minimum Gasteiger partial charge on any atom is -0.481 e. The van der Waals surface area contributed by atoms with E-state index < -0.39 is 23.0 Å². The first-order valence-corrected chi connectivity index (χ1v) is 10.0. The maximum Gasteiger partial charge on any atom is 0.416 e. The average Bonchev–Trinajstić information content (AvgIpc) is 3.15. The number of benzene rings is 2. The third-order valence-electron chi connectivity index (χ3n) is 4.19. The zero-order valence-electron chi connectivity index (χ0n) is 15.0. The molecule has 0 spiro atoms. The van der Waals surface area contributed by atoms with Gasteiger partial charge < -0.3 is 5.11 Å². The fourth-order valence-electron chi connectivity index (χ4n) is 2.79. The molecule has 1 aromatic heterocycles. The lowest BCUT2D eigenvalue weighted by molar-refractivity contribution is -0.138. The maximum atomic E-state index is 13.4. The van der Waals surface area contributed by atoms with Gasteiger partial charge in [0.25, 0.3) is 0 Å². The Morgan fingerprint density at radius 1 is 1.28 bits per heavy atom. The molecule has 1 heterocycles. The predicted molar refractivity (Wildman–Crippen MR) is 106 cm³/mol. The van der Waals surface area contributed by atoms with Crippen molar-refractivity contribution in [3.05, 3.63) is 75.0 Å². The van der Waals surface area contributed by atoms with E-state index in [9.17, 15) is 18.0 Å². The number of carboxylic acid groups (broad SMARTS) is 1. The fraction of sp³-hybridized carbons (Fsp3) is 0.211. The topological polar surface area (TPSA) is 78.9 Å². The molecule has 0 saturated carbocycles. The third kappa shape index (κ3) is 5.18. The van der Waals surface area contributed by atoms with Crippen LogP contribution in [0.2, 0.25) is 0 Å². The van der Waals surface area contributed by atoms with E-state index in [2.05, 4.69) is 31.3 Å². The first kappa shape index (κ1) is 21.4. The van der Waals surface area contributed by atoms with Gasteiger partial charge in [-0.25, -0.2) is 0 Å². The molecular formula is C19H15BrF3N3O2S. The molecule has 1 atom stereocenters. The summed E-state index contributed by atoms with van der Waals surface area (Å²) in [6.07, 6.45) is -3.12. The van der Waals surface area contributed by atoms with Crippen molar-refractivity contribution in [1.82, 2.24) is 15.4 Å². The largest absolute Gasteiger partial charge is 0.481 e. The third-order valence-corrected chi connectivity index (χ3v) is 6.21. The van der Waals surface area contributed by atoms with Crippen LogP contribution in [-0.4, -0.2) is 26.5 Å². The molecule has 0 aliphatic rings. The number of nitrogens with zero attached hydrogens (tertiary/aromatic N) is 2. The summed E-state index contributed by atoms with van der Waals surface area (Å²) in [6.45, 7) is 1.42. The smallest absolute Gasteiger partial charge is 0.416 e. The predicted octanol–water partition coefficient (Wildman–Crippen LogP) is 5.40. The number of nitrogens with one attached hydrogen (secondary N) is 1.